The number of amides is 1. The molecule has 0 radical (unpaired) electrons. The van der Waals surface area contributed by atoms with Gasteiger partial charge in [-0.3, -0.25) is 9.78 Å². The van der Waals surface area contributed by atoms with Crippen LogP contribution in [-0.4, -0.2) is 46.6 Å². The van der Waals surface area contributed by atoms with Crippen LogP contribution in [0.1, 0.15) is 64.5 Å². The van der Waals surface area contributed by atoms with Crippen molar-refractivity contribution in [3.8, 4) is 0 Å². The number of nitrogens with one attached hydrogen (secondary N) is 1. The van der Waals surface area contributed by atoms with E-state index in [9.17, 15) is 9.90 Å². The third kappa shape index (κ3) is 5.00. The second-order valence-electron chi connectivity index (χ2n) is 8.62. The molecule has 1 saturated heterocycles. The summed E-state index contributed by atoms with van der Waals surface area (Å²) in [5.74, 6) is -0.312. The number of pyridine rings is 1. The van der Waals surface area contributed by atoms with Gasteiger partial charge in [0.15, 0.2) is 5.60 Å². The highest BCUT2D eigenvalue weighted by molar-refractivity contribution is 5.86. The van der Waals surface area contributed by atoms with Gasteiger partial charge in [-0.15, -0.1) is 0 Å². The van der Waals surface area contributed by atoms with E-state index < -0.39 is 5.60 Å². The largest absolute Gasteiger partial charge is 0.374 e. The summed E-state index contributed by atoms with van der Waals surface area (Å²) in [6.45, 7) is 7.33. The van der Waals surface area contributed by atoms with Crippen LogP contribution in [-0.2, 0) is 10.4 Å². The van der Waals surface area contributed by atoms with Crippen LogP contribution in [0.5, 0.6) is 0 Å². The molecule has 1 aromatic heterocycles. The van der Waals surface area contributed by atoms with Crippen LogP contribution >= 0.6 is 0 Å². The van der Waals surface area contributed by atoms with Crippen molar-refractivity contribution < 1.29 is 9.90 Å². The Labute approximate surface area is 169 Å². The van der Waals surface area contributed by atoms with Gasteiger partial charge < -0.3 is 15.3 Å². The number of aliphatic hydroxyl groups is 1. The molecular formula is C23H35N3O2. The summed E-state index contributed by atoms with van der Waals surface area (Å²) in [5, 5.41) is 14.7. The summed E-state index contributed by atoms with van der Waals surface area (Å²) in [6.07, 6.45) is 10.8. The molecule has 1 unspecified atom stereocenters. The fourth-order valence-electron chi connectivity index (χ4n) is 4.57. The van der Waals surface area contributed by atoms with E-state index in [-0.39, 0.29) is 17.9 Å². The molecule has 1 amide bonds. The first kappa shape index (κ1) is 21.0. The second-order valence-corrected chi connectivity index (χ2v) is 8.62. The first-order valence-electron chi connectivity index (χ1n) is 10.8. The van der Waals surface area contributed by atoms with Gasteiger partial charge >= 0.3 is 0 Å². The maximum absolute atomic E-state index is 13.2. The molecule has 1 aliphatic heterocycles. The minimum Gasteiger partial charge on any atom is -0.374 e. The highest BCUT2D eigenvalue weighted by Crippen LogP contribution is 2.40. The quantitative estimate of drug-likeness (QED) is 0.706. The number of piperidine rings is 1. The van der Waals surface area contributed by atoms with E-state index in [1.54, 1.807) is 12.3 Å². The second kappa shape index (κ2) is 9.66. The first-order valence-corrected chi connectivity index (χ1v) is 10.8. The smallest absolute Gasteiger partial charge is 0.258 e. The zero-order valence-electron chi connectivity index (χ0n) is 17.4. The van der Waals surface area contributed by atoms with Gasteiger partial charge in [-0.2, -0.15) is 0 Å². The number of aromatic nitrogens is 1. The Balaban J connectivity index is 1.60. The third-order valence-corrected chi connectivity index (χ3v) is 6.27. The molecule has 0 aromatic carbocycles. The number of carbonyl (C=O) groups is 1. The van der Waals surface area contributed by atoms with Gasteiger partial charge in [0, 0.05) is 37.8 Å². The molecule has 2 heterocycles. The summed E-state index contributed by atoms with van der Waals surface area (Å²) in [5.41, 5.74) is 0.333. The molecule has 154 valence electrons. The van der Waals surface area contributed by atoms with Crippen LogP contribution in [0.15, 0.2) is 36.0 Å². The number of rotatable bonds is 7. The molecule has 2 N–H and O–H groups in total. The van der Waals surface area contributed by atoms with Crippen molar-refractivity contribution in [2.24, 2.45) is 5.92 Å². The number of hydrogen-bond donors (Lipinski definition) is 2. The van der Waals surface area contributed by atoms with Crippen LogP contribution < -0.4 is 5.32 Å². The molecule has 2 aliphatic rings. The predicted octanol–water partition coefficient (Wildman–Crippen LogP) is 3.40. The van der Waals surface area contributed by atoms with E-state index >= 15 is 0 Å². The lowest BCUT2D eigenvalue weighted by Gasteiger charge is -2.36. The van der Waals surface area contributed by atoms with Gasteiger partial charge in [0.05, 0.1) is 5.69 Å². The van der Waals surface area contributed by atoms with E-state index in [0.29, 0.717) is 5.69 Å². The molecule has 1 aromatic rings. The average molecular weight is 386 g/mol. The van der Waals surface area contributed by atoms with Crippen molar-refractivity contribution >= 4 is 5.91 Å². The molecule has 5 nitrogen and oxygen atoms in total. The first-order chi connectivity index (χ1) is 13.5. The number of likely N-dealkylation sites (tertiary alicyclic amines) is 1. The van der Waals surface area contributed by atoms with Crippen LogP contribution in [0.25, 0.3) is 0 Å². The van der Waals surface area contributed by atoms with E-state index in [0.717, 1.165) is 64.6 Å². The zero-order valence-corrected chi connectivity index (χ0v) is 17.4. The van der Waals surface area contributed by atoms with Gasteiger partial charge in [-0.1, -0.05) is 30.6 Å². The fraction of sp³-hybridized carbons (Fsp3) is 0.652. The molecule has 1 aliphatic carbocycles. The fourth-order valence-corrected chi connectivity index (χ4v) is 4.57. The summed E-state index contributed by atoms with van der Waals surface area (Å²) in [6, 6.07) is 5.58. The summed E-state index contributed by atoms with van der Waals surface area (Å²) in [4.78, 5) is 20.0. The molecular weight excluding hydrogens is 350 g/mol. The molecule has 28 heavy (non-hydrogen) atoms. The van der Waals surface area contributed by atoms with Crippen LogP contribution in [0.4, 0.5) is 0 Å². The topological polar surface area (TPSA) is 65.5 Å². The van der Waals surface area contributed by atoms with Crippen molar-refractivity contribution in [3.63, 3.8) is 0 Å². The lowest BCUT2D eigenvalue weighted by atomic mass is 9.81. The predicted molar refractivity (Wildman–Crippen MR) is 112 cm³/mol. The van der Waals surface area contributed by atoms with E-state index in [2.05, 4.69) is 35.1 Å². The number of allylic oxidation sites excluding steroid dienone is 1. The van der Waals surface area contributed by atoms with Crippen molar-refractivity contribution in [2.75, 3.05) is 19.6 Å². The van der Waals surface area contributed by atoms with E-state index in [1.165, 1.54) is 5.57 Å². The van der Waals surface area contributed by atoms with Crippen molar-refractivity contribution in [1.82, 2.24) is 15.2 Å². The monoisotopic (exact) mass is 385 g/mol. The van der Waals surface area contributed by atoms with E-state index in [1.807, 2.05) is 12.1 Å². The normalized spacial score (nSPS) is 21.2. The lowest BCUT2D eigenvalue weighted by molar-refractivity contribution is -0.149. The molecule has 5 heteroatoms. The SMILES string of the molecule is CC(C)=CCCN1CCC(NC(=O)C(O)(c2ccccn2)C2CCCC2)CC1. The Hall–Kier alpha value is -1.72. The van der Waals surface area contributed by atoms with Gasteiger partial charge in [0.25, 0.3) is 5.91 Å². The van der Waals surface area contributed by atoms with Crippen LogP contribution in [0.2, 0.25) is 0 Å². The van der Waals surface area contributed by atoms with Gasteiger partial charge in [-0.05, 0) is 58.1 Å². The van der Waals surface area contributed by atoms with Gasteiger partial charge in [0.1, 0.15) is 0 Å². The standard InChI is InChI=1S/C23H35N3O2/c1-18(2)8-7-15-26-16-12-20(13-17-26)25-22(27)23(28,19-9-3-4-10-19)21-11-5-6-14-24-21/h5-6,8,11,14,19-20,28H,3-4,7,9-10,12-13,15-17H2,1-2H3,(H,25,27). The zero-order chi connectivity index (χ0) is 20.0. The molecule has 0 spiro atoms. The van der Waals surface area contributed by atoms with Crippen molar-refractivity contribution in [2.45, 2.75) is 70.4 Å². The maximum atomic E-state index is 13.2. The van der Waals surface area contributed by atoms with Crippen molar-refractivity contribution in [3.05, 3.63) is 41.7 Å². The minimum absolute atomic E-state index is 0.0495. The Kier molecular flexibility index (Phi) is 7.24. The molecule has 3 rings (SSSR count). The molecule has 1 atom stereocenters. The molecule has 1 saturated carbocycles. The Bertz CT molecular complexity index is 658. The summed E-state index contributed by atoms with van der Waals surface area (Å²) >= 11 is 0. The molecule has 0 bridgehead atoms. The third-order valence-electron chi connectivity index (χ3n) is 6.27. The Morgan fingerprint density at radius 2 is 1.96 bits per heavy atom. The van der Waals surface area contributed by atoms with Crippen LogP contribution in [0, 0.1) is 5.92 Å². The number of hydrogen-bond acceptors (Lipinski definition) is 4. The van der Waals surface area contributed by atoms with Crippen LogP contribution in [0.3, 0.4) is 0 Å². The number of nitrogens with zero attached hydrogens (tertiary/aromatic N) is 2. The molecule has 2 fully saturated rings. The lowest BCUT2D eigenvalue weighted by Crippen LogP contribution is -2.54. The Morgan fingerprint density at radius 3 is 2.57 bits per heavy atom. The van der Waals surface area contributed by atoms with E-state index in [4.69, 9.17) is 0 Å². The van der Waals surface area contributed by atoms with Gasteiger partial charge in [0.2, 0.25) is 0 Å². The minimum atomic E-state index is -1.52. The summed E-state index contributed by atoms with van der Waals surface area (Å²) in [7, 11) is 0. The number of carbonyl (C=O) groups excluding carboxylic acids is 1. The maximum Gasteiger partial charge on any atom is 0.258 e. The average Bonchev–Trinajstić information content (AvgIpc) is 3.24. The Morgan fingerprint density at radius 1 is 1.25 bits per heavy atom. The highest BCUT2D eigenvalue weighted by Gasteiger charge is 2.48. The highest BCUT2D eigenvalue weighted by atomic mass is 16.3. The van der Waals surface area contributed by atoms with Crippen molar-refractivity contribution in [1.29, 1.82) is 0 Å². The van der Waals surface area contributed by atoms with Gasteiger partial charge in [-0.25, -0.2) is 0 Å². The summed E-state index contributed by atoms with van der Waals surface area (Å²) < 4.78 is 0.